The highest BCUT2D eigenvalue weighted by molar-refractivity contribution is 5.81. The van der Waals surface area contributed by atoms with Gasteiger partial charge in [0.25, 0.3) is 5.56 Å². The summed E-state index contributed by atoms with van der Waals surface area (Å²) in [5.74, 6) is 0.437. The van der Waals surface area contributed by atoms with Gasteiger partial charge in [0.05, 0.1) is 10.9 Å². The lowest BCUT2D eigenvalue weighted by atomic mass is 10.1. The SMILES string of the molecule is CCn1c(=O)c2ccccc2n(CC(=O)NCc2cccc(OCCN(C)C3CCOCC3)c2)c1=O. The molecule has 1 N–H and O–H groups in total. The maximum absolute atomic E-state index is 12.9. The molecule has 0 saturated carbocycles. The average molecular weight is 495 g/mol. The number of nitrogens with one attached hydrogen (secondary N) is 1. The fourth-order valence-electron chi connectivity index (χ4n) is 4.56. The second kappa shape index (κ2) is 12.0. The molecular formula is C27H34N4O5. The van der Waals surface area contributed by atoms with E-state index in [1.165, 1.54) is 4.57 Å². The number of rotatable bonds is 10. The summed E-state index contributed by atoms with van der Waals surface area (Å²) in [6.07, 6.45) is 2.10. The van der Waals surface area contributed by atoms with Gasteiger partial charge in [-0.2, -0.15) is 0 Å². The summed E-state index contributed by atoms with van der Waals surface area (Å²) in [4.78, 5) is 40.5. The third kappa shape index (κ3) is 6.03. The Morgan fingerprint density at radius 1 is 1.11 bits per heavy atom. The molecule has 192 valence electrons. The van der Waals surface area contributed by atoms with Crippen LogP contribution in [0.1, 0.15) is 25.3 Å². The molecule has 36 heavy (non-hydrogen) atoms. The van der Waals surface area contributed by atoms with Gasteiger partial charge in [-0.05, 0) is 56.6 Å². The zero-order valence-electron chi connectivity index (χ0n) is 20.9. The molecule has 9 nitrogen and oxygen atoms in total. The highest BCUT2D eigenvalue weighted by Crippen LogP contribution is 2.15. The fourth-order valence-corrected chi connectivity index (χ4v) is 4.56. The van der Waals surface area contributed by atoms with Crippen molar-refractivity contribution in [3.63, 3.8) is 0 Å². The van der Waals surface area contributed by atoms with E-state index in [-0.39, 0.29) is 24.6 Å². The summed E-state index contributed by atoms with van der Waals surface area (Å²) in [7, 11) is 2.12. The first-order chi connectivity index (χ1) is 17.5. The van der Waals surface area contributed by atoms with Gasteiger partial charge in [0, 0.05) is 38.9 Å². The fraction of sp³-hybridized carbons (Fsp3) is 0.444. The summed E-state index contributed by atoms with van der Waals surface area (Å²) in [5, 5.41) is 3.29. The lowest BCUT2D eigenvalue weighted by molar-refractivity contribution is -0.121. The first-order valence-corrected chi connectivity index (χ1v) is 12.5. The van der Waals surface area contributed by atoms with Crippen LogP contribution < -0.4 is 21.3 Å². The number of fused-ring (bicyclic) bond motifs is 1. The average Bonchev–Trinajstić information content (AvgIpc) is 2.91. The van der Waals surface area contributed by atoms with Crippen LogP contribution in [0.4, 0.5) is 0 Å². The minimum atomic E-state index is -0.488. The standard InChI is InChI=1S/C27H34N4O5/c1-3-30-26(33)23-9-4-5-10-24(23)31(27(30)34)19-25(32)28-18-20-7-6-8-22(17-20)36-16-13-29(2)21-11-14-35-15-12-21/h4-10,17,21H,3,11-16,18-19H2,1-2H3,(H,28,32). The summed E-state index contributed by atoms with van der Waals surface area (Å²) in [6.45, 7) is 5.14. The Hall–Kier alpha value is -3.43. The molecular weight excluding hydrogens is 460 g/mol. The van der Waals surface area contributed by atoms with Gasteiger partial charge >= 0.3 is 5.69 Å². The third-order valence-electron chi connectivity index (χ3n) is 6.67. The van der Waals surface area contributed by atoms with Gasteiger partial charge in [-0.25, -0.2) is 4.79 Å². The quantitative estimate of drug-likeness (QED) is 0.463. The zero-order chi connectivity index (χ0) is 25.5. The predicted molar refractivity (Wildman–Crippen MR) is 138 cm³/mol. The van der Waals surface area contributed by atoms with E-state index in [0.717, 1.165) is 48.5 Å². The second-order valence-electron chi connectivity index (χ2n) is 9.03. The number of hydrogen-bond acceptors (Lipinski definition) is 6. The number of ether oxygens (including phenoxy) is 2. The van der Waals surface area contributed by atoms with E-state index in [0.29, 0.717) is 30.1 Å². The summed E-state index contributed by atoms with van der Waals surface area (Å²) >= 11 is 0. The number of likely N-dealkylation sites (N-methyl/N-ethyl adjacent to an activating group) is 1. The highest BCUT2D eigenvalue weighted by atomic mass is 16.5. The predicted octanol–water partition coefficient (Wildman–Crippen LogP) is 1.99. The topological polar surface area (TPSA) is 94.8 Å². The van der Waals surface area contributed by atoms with Gasteiger partial charge < -0.3 is 14.8 Å². The van der Waals surface area contributed by atoms with Gasteiger partial charge in [-0.15, -0.1) is 0 Å². The molecule has 9 heteroatoms. The number of carbonyl (C=O) groups excluding carboxylic acids is 1. The van der Waals surface area contributed by atoms with Crippen LogP contribution in [0.2, 0.25) is 0 Å². The zero-order valence-corrected chi connectivity index (χ0v) is 20.9. The molecule has 1 aliphatic rings. The van der Waals surface area contributed by atoms with E-state index >= 15 is 0 Å². The molecule has 0 aliphatic carbocycles. The van der Waals surface area contributed by atoms with Crippen LogP contribution in [0, 0.1) is 0 Å². The van der Waals surface area contributed by atoms with Crippen molar-refractivity contribution in [2.45, 2.75) is 45.4 Å². The van der Waals surface area contributed by atoms with Gasteiger partial charge in [0.15, 0.2) is 0 Å². The van der Waals surface area contributed by atoms with E-state index in [2.05, 4.69) is 17.3 Å². The van der Waals surface area contributed by atoms with Crippen molar-refractivity contribution in [2.75, 3.05) is 33.4 Å². The second-order valence-corrected chi connectivity index (χ2v) is 9.03. The molecule has 0 spiro atoms. The van der Waals surface area contributed by atoms with Crippen molar-refractivity contribution in [3.05, 3.63) is 74.9 Å². The first-order valence-electron chi connectivity index (χ1n) is 12.5. The Labute approximate surface area is 210 Å². The molecule has 1 amide bonds. The molecule has 2 heterocycles. The molecule has 1 saturated heterocycles. The van der Waals surface area contributed by atoms with Crippen LogP contribution >= 0.6 is 0 Å². The Morgan fingerprint density at radius 2 is 1.89 bits per heavy atom. The molecule has 1 fully saturated rings. The van der Waals surface area contributed by atoms with E-state index in [1.807, 2.05) is 24.3 Å². The highest BCUT2D eigenvalue weighted by Gasteiger charge is 2.18. The van der Waals surface area contributed by atoms with Crippen molar-refractivity contribution in [1.82, 2.24) is 19.4 Å². The lowest BCUT2D eigenvalue weighted by Crippen LogP contribution is -2.42. The normalized spacial score (nSPS) is 14.3. The first kappa shape index (κ1) is 25.7. The van der Waals surface area contributed by atoms with Crippen molar-refractivity contribution >= 4 is 16.8 Å². The Bertz CT molecular complexity index is 1310. The Morgan fingerprint density at radius 3 is 2.67 bits per heavy atom. The summed E-state index contributed by atoms with van der Waals surface area (Å²) in [6, 6.07) is 15.0. The van der Waals surface area contributed by atoms with Crippen LogP contribution in [0.5, 0.6) is 5.75 Å². The van der Waals surface area contributed by atoms with E-state index in [9.17, 15) is 14.4 Å². The molecule has 3 aromatic rings. The summed E-state index contributed by atoms with van der Waals surface area (Å²) < 4.78 is 13.9. The van der Waals surface area contributed by atoms with Gasteiger partial charge in [-0.1, -0.05) is 24.3 Å². The Kier molecular flexibility index (Phi) is 8.56. The van der Waals surface area contributed by atoms with E-state index < -0.39 is 5.69 Å². The molecule has 4 rings (SSSR count). The summed E-state index contributed by atoms with van der Waals surface area (Å²) in [5.41, 5.74) is 0.519. The van der Waals surface area contributed by atoms with Crippen LogP contribution in [0.25, 0.3) is 10.9 Å². The van der Waals surface area contributed by atoms with Crippen LogP contribution in [0.15, 0.2) is 58.1 Å². The monoisotopic (exact) mass is 494 g/mol. The smallest absolute Gasteiger partial charge is 0.331 e. The van der Waals surface area contributed by atoms with Crippen molar-refractivity contribution < 1.29 is 14.3 Å². The lowest BCUT2D eigenvalue weighted by Gasteiger charge is -2.31. The number of para-hydroxylation sites is 1. The maximum atomic E-state index is 12.9. The van der Waals surface area contributed by atoms with Gasteiger partial charge in [0.1, 0.15) is 18.9 Å². The number of amides is 1. The molecule has 0 bridgehead atoms. The number of hydrogen-bond donors (Lipinski definition) is 1. The number of aromatic nitrogens is 2. The minimum Gasteiger partial charge on any atom is -0.492 e. The molecule has 1 aromatic heterocycles. The molecule has 1 aliphatic heterocycles. The Balaban J connectivity index is 1.34. The minimum absolute atomic E-state index is 0.172. The van der Waals surface area contributed by atoms with Crippen molar-refractivity contribution in [1.29, 1.82) is 0 Å². The number of benzene rings is 2. The largest absolute Gasteiger partial charge is 0.492 e. The molecule has 0 radical (unpaired) electrons. The molecule has 2 aromatic carbocycles. The number of nitrogens with zero attached hydrogens (tertiary/aromatic N) is 3. The van der Waals surface area contributed by atoms with Crippen molar-refractivity contribution in [3.8, 4) is 5.75 Å². The third-order valence-corrected chi connectivity index (χ3v) is 6.67. The van der Waals surface area contributed by atoms with Crippen LogP contribution in [-0.2, 0) is 29.2 Å². The van der Waals surface area contributed by atoms with Crippen LogP contribution in [0.3, 0.4) is 0 Å². The molecule has 0 atom stereocenters. The van der Waals surface area contributed by atoms with E-state index in [1.54, 1.807) is 31.2 Å². The van der Waals surface area contributed by atoms with E-state index in [4.69, 9.17) is 9.47 Å². The van der Waals surface area contributed by atoms with Crippen molar-refractivity contribution in [2.24, 2.45) is 0 Å². The van der Waals surface area contributed by atoms with Gasteiger partial charge in [-0.3, -0.25) is 23.6 Å². The molecule has 0 unspecified atom stereocenters. The number of carbonyl (C=O) groups is 1. The maximum Gasteiger partial charge on any atom is 0.331 e. The van der Waals surface area contributed by atoms with Crippen LogP contribution in [-0.4, -0.2) is 59.4 Å². The van der Waals surface area contributed by atoms with Gasteiger partial charge in [0.2, 0.25) is 5.91 Å².